The molecule has 0 aromatic heterocycles. The molecule has 1 heterocycles. The molecule has 13 heavy (non-hydrogen) atoms. The third-order valence-corrected chi connectivity index (χ3v) is 6.21. The quantitative estimate of drug-likeness (QED) is 0.332. The molecule has 3 heteroatoms. The van der Waals surface area contributed by atoms with Gasteiger partial charge in [-0.2, -0.15) is 0 Å². The molecule has 1 fully saturated rings. The summed E-state index contributed by atoms with van der Waals surface area (Å²) in [6, 6.07) is 0. The van der Waals surface area contributed by atoms with Crippen molar-refractivity contribution in [2.45, 2.75) is 45.2 Å². The zero-order valence-corrected chi connectivity index (χ0v) is 11.6. The monoisotopic (exact) mass is 297 g/mol. The van der Waals surface area contributed by atoms with E-state index < -0.39 is 0 Å². The Hall–Kier alpha value is 0.650. The molecule has 0 amide bonds. The van der Waals surface area contributed by atoms with E-state index in [1.807, 2.05) is 0 Å². The zero-order chi connectivity index (χ0) is 10.1. The molecule has 0 unspecified atom stereocenters. The first-order valence-electron chi connectivity index (χ1n) is 4.91. The van der Waals surface area contributed by atoms with Crippen LogP contribution in [0.25, 0.3) is 0 Å². The van der Waals surface area contributed by atoms with Crippen molar-refractivity contribution in [1.29, 1.82) is 0 Å². The molecule has 0 atom stereocenters. The van der Waals surface area contributed by atoms with Crippen LogP contribution in [0.2, 0.25) is 0 Å². The number of hydrogen-bond acceptors (Lipinski definition) is 2. The molecule has 0 radical (unpaired) electrons. The second kappa shape index (κ2) is 4.03. The van der Waals surface area contributed by atoms with Gasteiger partial charge in [-0.05, 0) is 0 Å². The summed E-state index contributed by atoms with van der Waals surface area (Å²) in [6.07, 6.45) is 1.26. The van der Waals surface area contributed by atoms with Gasteiger partial charge in [-0.3, -0.25) is 0 Å². The van der Waals surface area contributed by atoms with E-state index in [0.29, 0.717) is 11.1 Å². The van der Waals surface area contributed by atoms with E-state index in [9.17, 15) is 0 Å². The predicted octanol–water partition coefficient (Wildman–Crippen LogP) is -1.53. The minimum atomic E-state index is 0.246. The molecule has 1 aliphatic heterocycles. The third kappa shape index (κ3) is 4.13. The standard InChI is InChI=1S/C10H22IN2/c1-9(2)6-7-13(5)11-8-10(3,4)12-9/h12H,6-8H2,1-5H3/q-1. The van der Waals surface area contributed by atoms with Gasteiger partial charge in [0, 0.05) is 0 Å². The van der Waals surface area contributed by atoms with Gasteiger partial charge < -0.3 is 0 Å². The molecule has 1 N–H and O–H groups in total. The van der Waals surface area contributed by atoms with Crippen molar-refractivity contribution < 1.29 is 21.5 Å². The summed E-state index contributed by atoms with van der Waals surface area (Å²) in [5.41, 5.74) is 0.618. The number of nitrogens with zero attached hydrogens (tertiary/aromatic N) is 1. The molecular formula is C10H22IN2-. The normalized spacial score (nSPS) is 29.9. The molecule has 1 rings (SSSR count). The SMILES string of the molecule is CN1CCC(C)(C)NC(C)(C)C[I-]1. The van der Waals surface area contributed by atoms with Crippen molar-refractivity contribution in [2.75, 3.05) is 18.0 Å². The van der Waals surface area contributed by atoms with Gasteiger partial charge in [0.2, 0.25) is 0 Å². The second-order valence-electron chi connectivity index (χ2n) is 5.22. The molecule has 1 saturated heterocycles. The summed E-state index contributed by atoms with van der Waals surface area (Å²) in [6.45, 7) is 10.5. The molecule has 0 aliphatic carbocycles. The average molecular weight is 297 g/mol. The van der Waals surface area contributed by atoms with Gasteiger partial charge in [-0.15, -0.1) is 0 Å². The Balaban J connectivity index is 2.64. The van der Waals surface area contributed by atoms with E-state index in [2.05, 4.69) is 43.2 Å². The van der Waals surface area contributed by atoms with E-state index >= 15 is 0 Å². The van der Waals surface area contributed by atoms with Crippen LogP contribution in [0.15, 0.2) is 0 Å². The molecular weight excluding hydrogens is 275 g/mol. The van der Waals surface area contributed by atoms with Gasteiger partial charge in [0.1, 0.15) is 0 Å². The fourth-order valence-electron chi connectivity index (χ4n) is 1.76. The van der Waals surface area contributed by atoms with Crippen LogP contribution in [0.4, 0.5) is 0 Å². The Morgan fingerprint density at radius 2 is 1.77 bits per heavy atom. The van der Waals surface area contributed by atoms with E-state index in [1.165, 1.54) is 17.4 Å². The topological polar surface area (TPSA) is 15.3 Å². The summed E-state index contributed by atoms with van der Waals surface area (Å²) in [4.78, 5) is 0. The summed E-state index contributed by atoms with van der Waals surface area (Å²) in [5.74, 6) is 0. The number of nitrogens with one attached hydrogen (secondary N) is 1. The average Bonchev–Trinajstić information content (AvgIpc) is 1.94. The van der Waals surface area contributed by atoms with Crippen LogP contribution >= 0.6 is 0 Å². The van der Waals surface area contributed by atoms with Crippen LogP contribution in [0.5, 0.6) is 0 Å². The van der Waals surface area contributed by atoms with Gasteiger partial charge in [-0.25, -0.2) is 0 Å². The zero-order valence-electron chi connectivity index (χ0n) is 9.45. The van der Waals surface area contributed by atoms with Crippen molar-refractivity contribution in [3.63, 3.8) is 0 Å². The number of rotatable bonds is 0. The van der Waals surface area contributed by atoms with Gasteiger partial charge in [0.15, 0.2) is 0 Å². The first-order chi connectivity index (χ1) is 5.81. The van der Waals surface area contributed by atoms with Crippen LogP contribution < -0.4 is 26.8 Å². The number of alkyl halides is 1. The first kappa shape index (κ1) is 11.7. The number of hydrogen-bond donors (Lipinski definition) is 1. The Kier molecular flexibility index (Phi) is 3.63. The maximum atomic E-state index is 3.76. The van der Waals surface area contributed by atoms with Crippen molar-refractivity contribution in [2.24, 2.45) is 0 Å². The maximum absolute atomic E-state index is 3.76. The van der Waals surface area contributed by atoms with E-state index in [4.69, 9.17) is 0 Å². The summed E-state index contributed by atoms with van der Waals surface area (Å²) in [7, 11) is 2.27. The van der Waals surface area contributed by atoms with Gasteiger partial charge in [0.05, 0.1) is 0 Å². The van der Waals surface area contributed by atoms with E-state index in [-0.39, 0.29) is 21.5 Å². The molecule has 0 aromatic carbocycles. The summed E-state index contributed by atoms with van der Waals surface area (Å²) in [5, 5.41) is 3.76. The molecule has 1 aliphatic rings. The molecule has 2 nitrogen and oxygen atoms in total. The van der Waals surface area contributed by atoms with E-state index in [1.54, 1.807) is 0 Å². The van der Waals surface area contributed by atoms with Crippen molar-refractivity contribution in [3.8, 4) is 0 Å². The number of halogens is 1. The first-order valence-corrected chi connectivity index (χ1v) is 7.40. The van der Waals surface area contributed by atoms with Crippen LogP contribution in [-0.2, 0) is 0 Å². The fraction of sp³-hybridized carbons (Fsp3) is 1.00. The van der Waals surface area contributed by atoms with Crippen LogP contribution in [0.1, 0.15) is 34.1 Å². The Morgan fingerprint density at radius 3 is 2.38 bits per heavy atom. The fourth-order valence-corrected chi connectivity index (χ4v) is 3.96. The molecule has 0 spiro atoms. The van der Waals surface area contributed by atoms with E-state index in [0.717, 1.165) is 0 Å². The molecule has 0 saturated carbocycles. The van der Waals surface area contributed by atoms with Crippen molar-refractivity contribution in [3.05, 3.63) is 0 Å². The van der Waals surface area contributed by atoms with Crippen LogP contribution in [0.3, 0.4) is 0 Å². The summed E-state index contributed by atoms with van der Waals surface area (Å²) >= 11 is 0.246. The van der Waals surface area contributed by atoms with Gasteiger partial charge in [0.25, 0.3) is 0 Å². The molecule has 0 aromatic rings. The van der Waals surface area contributed by atoms with Gasteiger partial charge >= 0.3 is 93.1 Å². The Bertz CT molecular complexity index is 160. The minimum absolute atomic E-state index is 0.246. The van der Waals surface area contributed by atoms with Crippen LogP contribution in [-0.4, -0.2) is 32.2 Å². The van der Waals surface area contributed by atoms with Gasteiger partial charge in [-0.1, -0.05) is 0 Å². The third-order valence-electron chi connectivity index (χ3n) is 2.32. The van der Waals surface area contributed by atoms with Crippen LogP contribution in [0, 0.1) is 0 Å². The van der Waals surface area contributed by atoms with Crippen molar-refractivity contribution in [1.82, 2.24) is 8.43 Å². The second-order valence-corrected chi connectivity index (χ2v) is 8.32. The predicted molar refractivity (Wildman–Crippen MR) is 53.4 cm³/mol. The molecule has 80 valence electrons. The summed E-state index contributed by atoms with van der Waals surface area (Å²) < 4.78 is 3.88. The Morgan fingerprint density at radius 1 is 1.15 bits per heavy atom. The molecule has 0 bridgehead atoms. The Labute approximate surface area is 93.1 Å². The van der Waals surface area contributed by atoms with Crippen molar-refractivity contribution >= 4 is 0 Å².